The molecule has 0 aliphatic carbocycles. The Hall–Kier alpha value is -1.35. The lowest BCUT2D eigenvalue weighted by Gasteiger charge is -2.15. The Labute approximate surface area is 70.6 Å². The Morgan fingerprint density at radius 1 is 1.42 bits per heavy atom. The van der Waals surface area contributed by atoms with Crippen molar-refractivity contribution in [2.45, 2.75) is 6.10 Å². The van der Waals surface area contributed by atoms with Crippen molar-refractivity contribution in [1.82, 2.24) is 0 Å². The molecule has 3 nitrogen and oxygen atoms in total. The second kappa shape index (κ2) is 3.88. The van der Waals surface area contributed by atoms with Crippen molar-refractivity contribution in [3.63, 3.8) is 0 Å². The standard InChI is InChI=1S/C9H10O3/c1-12-8(9(10)11)7-5-3-2-4-6-7/h2-6,8H,1H3,(H,10,11)/p-1. The van der Waals surface area contributed by atoms with Gasteiger partial charge >= 0.3 is 0 Å². The first kappa shape index (κ1) is 8.74. The third kappa shape index (κ3) is 1.83. The van der Waals surface area contributed by atoms with Gasteiger partial charge in [0.05, 0.1) is 5.97 Å². The fraction of sp³-hybridized carbons (Fsp3) is 0.222. The molecule has 64 valence electrons. The molecule has 12 heavy (non-hydrogen) atoms. The highest BCUT2D eigenvalue weighted by Crippen LogP contribution is 2.14. The summed E-state index contributed by atoms with van der Waals surface area (Å²) in [6.07, 6.45) is -0.966. The van der Waals surface area contributed by atoms with Crippen LogP contribution >= 0.6 is 0 Å². The Kier molecular flexibility index (Phi) is 2.82. The molecule has 0 heterocycles. The van der Waals surface area contributed by atoms with E-state index in [-0.39, 0.29) is 0 Å². The molecule has 1 atom stereocenters. The quantitative estimate of drug-likeness (QED) is 0.639. The van der Waals surface area contributed by atoms with Crippen LogP contribution in [0.2, 0.25) is 0 Å². The maximum Gasteiger partial charge on any atom is 0.121 e. The van der Waals surface area contributed by atoms with Crippen molar-refractivity contribution < 1.29 is 14.6 Å². The molecule has 0 saturated carbocycles. The molecule has 0 N–H and O–H groups in total. The molecule has 0 radical (unpaired) electrons. The van der Waals surface area contributed by atoms with E-state index in [1.165, 1.54) is 7.11 Å². The number of carbonyl (C=O) groups is 1. The minimum atomic E-state index is -1.22. The zero-order valence-electron chi connectivity index (χ0n) is 6.69. The second-order valence-electron chi connectivity index (χ2n) is 2.35. The molecule has 0 saturated heterocycles. The number of benzene rings is 1. The fourth-order valence-corrected chi connectivity index (χ4v) is 0.996. The Morgan fingerprint density at radius 2 is 2.00 bits per heavy atom. The highest BCUT2D eigenvalue weighted by Gasteiger charge is 2.09. The Balaban J connectivity index is 2.88. The maximum atomic E-state index is 10.5. The van der Waals surface area contributed by atoms with Crippen LogP contribution in [0, 0.1) is 0 Å². The molecule has 1 aromatic carbocycles. The van der Waals surface area contributed by atoms with Gasteiger partial charge in [0.2, 0.25) is 0 Å². The van der Waals surface area contributed by atoms with E-state index in [0.29, 0.717) is 5.56 Å². The van der Waals surface area contributed by atoms with E-state index in [9.17, 15) is 9.90 Å². The molecule has 0 fully saturated rings. The van der Waals surface area contributed by atoms with Gasteiger partial charge in [-0.25, -0.2) is 0 Å². The van der Waals surface area contributed by atoms with Gasteiger partial charge in [-0.15, -0.1) is 0 Å². The molecule has 1 rings (SSSR count). The number of carboxylic acids is 1. The average molecular weight is 165 g/mol. The predicted octanol–water partition coefficient (Wildman–Crippen LogP) is 0.124. The number of ether oxygens (including phenoxy) is 1. The minimum absolute atomic E-state index is 0.597. The molecule has 0 aliphatic heterocycles. The van der Waals surface area contributed by atoms with Crippen LogP contribution in [0.15, 0.2) is 30.3 Å². The average Bonchev–Trinajstić information content (AvgIpc) is 2.07. The third-order valence-corrected chi connectivity index (χ3v) is 1.55. The zero-order valence-corrected chi connectivity index (χ0v) is 6.69. The zero-order chi connectivity index (χ0) is 8.97. The lowest BCUT2D eigenvalue weighted by atomic mass is 10.1. The number of hydrogen-bond donors (Lipinski definition) is 0. The number of methoxy groups -OCH3 is 1. The minimum Gasteiger partial charge on any atom is -0.547 e. The largest absolute Gasteiger partial charge is 0.547 e. The summed E-state index contributed by atoms with van der Waals surface area (Å²) in [5.41, 5.74) is 0.597. The molecule has 0 spiro atoms. The molecule has 0 bridgehead atoms. The Bertz CT molecular complexity index is 256. The molecule has 0 aromatic heterocycles. The van der Waals surface area contributed by atoms with E-state index in [4.69, 9.17) is 4.74 Å². The first-order valence-corrected chi connectivity index (χ1v) is 3.54. The van der Waals surface area contributed by atoms with Gasteiger partial charge in [0.25, 0.3) is 0 Å². The summed E-state index contributed by atoms with van der Waals surface area (Å²) in [6, 6.07) is 8.69. The number of carboxylic acid groups (broad SMARTS) is 1. The van der Waals surface area contributed by atoms with E-state index >= 15 is 0 Å². The van der Waals surface area contributed by atoms with Crippen LogP contribution in [0.3, 0.4) is 0 Å². The van der Waals surface area contributed by atoms with Crippen molar-refractivity contribution in [2.75, 3.05) is 7.11 Å². The van der Waals surface area contributed by atoms with Crippen molar-refractivity contribution in [1.29, 1.82) is 0 Å². The highest BCUT2D eigenvalue weighted by molar-refractivity contribution is 5.72. The molecule has 0 amide bonds. The van der Waals surface area contributed by atoms with Crippen molar-refractivity contribution in [3.8, 4) is 0 Å². The summed E-state index contributed by atoms with van der Waals surface area (Å²) in [5, 5.41) is 10.5. The van der Waals surface area contributed by atoms with E-state index in [0.717, 1.165) is 0 Å². The van der Waals surface area contributed by atoms with Gasteiger partial charge in [0.15, 0.2) is 0 Å². The molecule has 1 aromatic rings. The number of rotatable bonds is 3. The van der Waals surface area contributed by atoms with Gasteiger partial charge in [-0.3, -0.25) is 0 Å². The van der Waals surface area contributed by atoms with Crippen LogP contribution in [-0.4, -0.2) is 13.1 Å². The van der Waals surface area contributed by atoms with Crippen LogP contribution in [0.25, 0.3) is 0 Å². The van der Waals surface area contributed by atoms with Crippen molar-refractivity contribution >= 4 is 5.97 Å². The maximum absolute atomic E-state index is 10.5. The molecule has 1 unspecified atom stereocenters. The van der Waals surface area contributed by atoms with Crippen LogP contribution in [0.5, 0.6) is 0 Å². The van der Waals surface area contributed by atoms with Gasteiger partial charge in [-0.1, -0.05) is 30.3 Å². The van der Waals surface area contributed by atoms with Gasteiger partial charge in [0, 0.05) is 7.11 Å². The molecule has 3 heteroatoms. The summed E-state index contributed by atoms with van der Waals surface area (Å²) in [4.78, 5) is 10.5. The SMILES string of the molecule is COC(C(=O)[O-])c1ccccc1. The van der Waals surface area contributed by atoms with Crippen molar-refractivity contribution in [3.05, 3.63) is 35.9 Å². The molecule has 0 aliphatic rings. The van der Waals surface area contributed by atoms with E-state index in [2.05, 4.69) is 0 Å². The highest BCUT2D eigenvalue weighted by atomic mass is 16.5. The first-order chi connectivity index (χ1) is 5.75. The van der Waals surface area contributed by atoms with Gasteiger partial charge < -0.3 is 14.6 Å². The van der Waals surface area contributed by atoms with Crippen LogP contribution in [0.4, 0.5) is 0 Å². The molecular weight excluding hydrogens is 156 g/mol. The molecular formula is C9H9O3-. The second-order valence-corrected chi connectivity index (χ2v) is 2.35. The number of hydrogen-bond acceptors (Lipinski definition) is 3. The number of aliphatic carboxylic acids is 1. The van der Waals surface area contributed by atoms with E-state index < -0.39 is 12.1 Å². The number of carbonyl (C=O) groups excluding carboxylic acids is 1. The lowest BCUT2D eigenvalue weighted by molar-refractivity contribution is -0.316. The van der Waals surface area contributed by atoms with Crippen LogP contribution < -0.4 is 5.11 Å². The summed E-state index contributed by atoms with van der Waals surface area (Å²) in [5.74, 6) is -1.22. The predicted molar refractivity (Wildman–Crippen MR) is 41.2 cm³/mol. The van der Waals surface area contributed by atoms with Crippen LogP contribution in [-0.2, 0) is 9.53 Å². The lowest BCUT2D eigenvalue weighted by Crippen LogP contribution is -2.30. The van der Waals surface area contributed by atoms with Gasteiger partial charge in [-0.2, -0.15) is 0 Å². The first-order valence-electron chi connectivity index (χ1n) is 3.54. The third-order valence-electron chi connectivity index (χ3n) is 1.55. The van der Waals surface area contributed by atoms with E-state index in [1.807, 2.05) is 6.07 Å². The summed E-state index contributed by atoms with van der Waals surface area (Å²) in [7, 11) is 1.34. The fourth-order valence-electron chi connectivity index (χ4n) is 0.996. The van der Waals surface area contributed by atoms with Crippen molar-refractivity contribution in [2.24, 2.45) is 0 Å². The summed E-state index contributed by atoms with van der Waals surface area (Å²) in [6.45, 7) is 0. The monoisotopic (exact) mass is 165 g/mol. The normalized spacial score (nSPS) is 12.4. The summed E-state index contributed by atoms with van der Waals surface area (Å²) >= 11 is 0. The van der Waals surface area contributed by atoms with E-state index in [1.54, 1.807) is 24.3 Å². The summed E-state index contributed by atoms with van der Waals surface area (Å²) < 4.78 is 4.74. The smallest absolute Gasteiger partial charge is 0.121 e. The van der Waals surface area contributed by atoms with Gasteiger partial charge in [0.1, 0.15) is 6.10 Å². The van der Waals surface area contributed by atoms with Crippen LogP contribution in [0.1, 0.15) is 11.7 Å². The topological polar surface area (TPSA) is 49.4 Å². The Morgan fingerprint density at radius 3 is 2.42 bits per heavy atom. The van der Waals surface area contributed by atoms with Gasteiger partial charge in [-0.05, 0) is 5.56 Å².